The number of rotatable bonds is 3. The zero-order valence-corrected chi connectivity index (χ0v) is 12.6. The first-order valence-electron chi connectivity index (χ1n) is 5.35. The van der Waals surface area contributed by atoms with Crippen LogP contribution in [-0.2, 0) is 7.05 Å². The second-order valence-corrected chi connectivity index (χ2v) is 6.00. The predicted octanol–water partition coefficient (Wildman–Crippen LogP) is 3.11. The predicted molar refractivity (Wildman–Crippen MR) is 77.1 cm³/mol. The second kappa shape index (κ2) is 5.18. The van der Waals surface area contributed by atoms with E-state index in [1.807, 2.05) is 0 Å². The topological polar surface area (TPSA) is 71.3 Å². The van der Waals surface area contributed by atoms with Crippen molar-refractivity contribution < 1.29 is 14.7 Å². The molecule has 0 aliphatic heterocycles. The van der Waals surface area contributed by atoms with Gasteiger partial charge in [-0.1, -0.05) is 0 Å². The van der Waals surface area contributed by atoms with Gasteiger partial charge in [-0.2, -0.15) is 0 Å². The Bertz CT molecular complexity index is 660. The van der Waals surface area contributed by atoms with Crippen LogP contribution in [0.2, 0.25) is 0 Å². The molecule has 2 N–H and O–H groups in total. The minimum Gasteiger partial charge on any atom is -0.477 e. The Morgan fingerprint density at radius 1 is 1.42 bits per heavy atom. The minimum absolute atomic E-state index is 0.239. The van der Waals surface area contributed by atoms with E-state index in [9.17, 15) is 9.59 Å². The summed E-state index contributed by atoms with van der Waals surface area (Å²) in [5, 5.41) is 12.2. The van der Waals surface area contributed by atoms with Crippen LogP contribution in [0.15, 0.2) is 22.8 Å². The fourth-order valence-electron chi connectivity index (χ4n) is 1.68. The molecule has 0 aliphatic rings. The first-order valence-corrected chi connectivity index (χ1v) is 6.96. The number of carbonyl (C=O) groups is 2. The average Bonchev–Trinajstić information content (AvgIpc) is 2.81. The summed E-state index contributed by atoms with van der Waals surface area (Å²) in [6.07, 6.45) is 1.78. The van der Waals surface area contributed by atoms with Gasteiger partial charge in [0, 0.05) is 17.7 Å². The Kier molecular flexibility index (Phi) is 3.77. The lowest BCUT2D eigenvalue weighted by Gasteiger charge is -2.03. The molecule has 2 aromatic rings. The number of hydrogen-bond donors (Lipinski definition) is 2. The van der Waals surface area contributed by atoms with Gasteiger partial charge < -0.3 is 15.0 Å². The maximum Gasteiger partial charge on any atom is 0.346 e. The molecule has 0 saturated carbocycles. The maximum absolute atomic E-state index is 12.0. The highest BCUT2D eigenvalue weighted by Gasteiger charge is 2.16. The van der Waals surface area contributed by atoms with Gasteiger partial charge >= 0.3 is 5.97 Å². The standard InChI is InChI=1S/C12H11BrN2O3S/c1-6-3-9(19-10(6)12(17)18)14-11(16)8-4-7(13)5-15(8)2/h3-5H,1-2H3,(H,14,16)(H,17,18). The van der Waals surface area contributed by atoms with E-state index in [0.29, 0.717) is 16.3 Å². The van der Waals surface area contributed by atoms with E-state index < -0.39 is 5.97 Å². The summed E-state index contributed by atoms with van der Waals surface area (Å²) in [5.41, 5.74) is 1.13. The molecule has 2 aromatic heterocycles. The van der Waals surface area contributed by atoms with Crippen LogP contribution < -0.4 is 5.32 Å². The number of nitrogens with one attached hydrogen (secondary N) is 1. The van der Waals surface area contributed by atoms with Gasteiger partial charge in [-0.05, 0) is 40.5 Å². The summed E-state index contributed by atoms with van der Waals surface area (Å²) in [6.45, 7) is 1.70. The molecule has 0 aliphatic carbocycles. The van der Waals surface area contributed by atoms with Gasteiger partial charge in [0.15, 0.2) is 0 Å². The summed E-state index contributed by atoms with van der Waals surface area (Å²) in [5.74, 6) is -1.25. The Morgan fingerprint density at radius 3 is 2.58 bits per heavy atom. The highest BCUT2D eigenvalue weighted by molar-refractivity contribution is 9.10. The number of halogens is 1. The van der Waals surface area contributed by atoms with Crippen molar-refractivity contribution in [1.82, 2.24) is 4.57 Å². The van der Waals surface area contributed by atoms with E-state index in [1.54, 1.807) is 36.9 Å². The zero-order valence-electron chi connectivity index (χ0n) is 10.2. The van der Waals surface area contributed by atoms with Gasteiger partial charge in [0.05, 0.1) is 5.00 Å². The van der Waals surface area contributed by atoms with Crippen LogP contribution in [0, 0.1) is 6.92 Å². The van der Waals surface area contributed by atoms with Crippen LogP contribution in [0.25, 0.3) is 0 Å². The van der Waals surface area contributed by atoms with E-state index in [1.165, 1.54) is 0 Å². The molecule has 0 spiro atoms. The molecule has 0 saturated heterocycles. The molecule has 0 unspecified atom stereocenters. The largest absolute Gasteiger partial charge is 0.477 e. The molecule has 0 bridgehead atoms. The van der Waals surface area contributed by atoms with Gasteiger partial charge in [-0.15, -0.1) is 11.3 Å². The Balaban J connectivity index is 2.22. The average molecular weight is 343 g/mol. The smallest absolute Gasteiger partial charge is 0.346 e. The lowest BCUT2D eigenvalue weighted by molar-refractivity contribution is 0.0701. The molecule has 0 aromatic carbocycles. The first kappa shape index (κ1) is 13.8. The third-order valence-corrected chi connectivity index (χ3v) is 4.13. The van der Waals surface area contributed by atoms with Crippen molar-refractivity contribution in [3.05, 3.63) is 38.9 Å². The summed E-state index contributed by atoms with van der Waals surface area (Å²) in [6, 6.07) is 3.36. The molecule has 5 nitrogen and oxygen atoms in total. The van der Waals surface area contributed by atoms with Crippen molar-refractivity contribution in [3.63, 3.8) is 0 Å². The third-order valence-electron chi connectivity index (χ3n) is 2.55. The first-order chi connectivity index (χ1) is 8.88. The monoisotopic (exact) mass is 342 g/mol. The van der Waals surface area contributed by atoms with Crippen molar-refractivity contribution in [3.8, 4) is 0 Å². The van der Waals surface area contributed by atoms with Crippen LogP contribution in [0.5, 0.6) is 0 Å². The Labute approximate surface area is 122 Å². The molecule has 7 heteroatoms. The highest BCUT2D eigenvalue weighted by atomic mass is 79.9. The summed E-state index contributed by atoms with van der Waals surface area (Å²) in [4.78, 5) is 23.2. The number of aromatic carboxylic acids is 1. The van der Waals surface area contributed by atoms with Gasteiger partial charge in [0.1, 0.15) is 10.6 Å². The molecular weight excluding hydrogens is 332 g/mol. The lowest BCUT2D eigenvalue weighted by Crippen LogP contribution is -2.14. The number of nitrogens with zero attached hydrogens (tertiary/aromatic N) is 1. The van der Waals surface area contributed by atoms with E-state index in [4.69, 9.17) is 5.11 Å². The number of aryl methyl sites for hydroxylation is 2. The summed E-state index contributed by atoms with van der Waals surface area (Å²) < 4.78 is 2.51. The van der Waals surface area contributed by atoms with Crippen molar-refractivity contribution in [2.45, 2.75) is 6.92 Å². The number of amides is 1. The third kappa shape index (κ3) is 2.87. The Hall–Kier alpha value is -1.60. The van der Waals surface area contributed by atoms with E-state index >= 15 is 0 Å². The zero-order chi connectivity index (χ0) is 14.2. The summed E-state index contributed by atoms with van der Waals surface area (Å²) >= 11 is 4.35. The van der Waals surface area contributed by atoms with Crippen molar-refractivity contribution in [1.29, 1.82) is 0 Å². The van der Waals surface area contributed by atoms with Crippen LogP contribution >= 0.6 is 27.3 Å². The van der Waals surface area contributed by atoms with Crippen LogP contribution in [-0.4, -0.2) is 21.6 Å². The summed E-state index contributed by atoms with van der Waals surface area (Å²) in [7, 11) is 1.77. The SMILES string of the molecule is Cc1cc(NC(=O)c2cc(Br)cn2C)sc1C(=O)O. The second-order valence-electron chi connectivity index (χ2n) is 4.04. The van der Waals surface area contributed by atoms with Gasteiger partial charge in [0.25, 0.3) is 5.91 Å². The number of anilines is 1. The lowest BCUT2D eigenvalue weighted by atomic mass is 10.3. The quantitative estimate of drug-likeness (QED) is 0.900. The molecular formula is C12H11BrN2O3S. The maximum atomic E-state index is 12.0. The molecule has 2 rings (SSSR count). The van der Waals surface area contributed by atoms with Crippen LogP contribution in [0.3, 0.4) is 0 Å². The molecule has 0 fully saturated rings. The molecule has 19 heavy (non-hydrogen) atoms. The normalized spacial score (nSPS) is 10.5. The van der Waals surface area contributed by atoms with E-state index in [2.05, 4.69) is 21.2 Å². The molecule has 0 radical (unpaired) electrons. The van der Waals surface area contributed by atoms with Gasteiger partial charge in [-0.25, -0.2) is 4.79 Å². The molecule has 0 atom stereocenters. The number of aromatic nitrogens is 1. The molecule has 1 amide bonds. The van der Waals surface area contributed by atoms with E-state index in [0.717, 1.165) is 15.8 Å². The number of carbonyl (C=O) groups excluding carboxylic acids is 1. The fraction of sp³-hybridized carbons (Fsp3) is 0.167. The van der Waals surface area contributed by atoms with Crippen LogP contribution in [0.4, 0.5) is 5.00 Å². The number of hydrogen-bond acceptors (Lipinski definition) is 3. The van der Waals surface area contributed by atoms with Crippen molar-refractivity contribution >= 4 is 44.1 Å². The number of carboxylic acid groups (broad SMARTS) is 1. The highest BCUT2D eigenvalue weighted by Crippen LogP contribution is 2.27. The van der Waals surface area contributed by atoms with Gasteiger partial charge in [0.2, 0.25) is 0 Å². The number of thiophene rings is 1. The van der Waals surface area contributed by atoms with E-state index in [-0.39, 0.29) is 10.8 Å². The number of carboxylic acids is 1. The van der Waals surface area contributed by atoms with Gasteiger partial charge in [-0.3, -0.25) is 4.79 Å². The molecule has 2 heterocycles. The van der Waals surface area contributed by atoms with Crippen molar-refractivity contribution in [2.24, 2.45) is 7.05 Å². The molecule has 100 valence electrons. The van der Waals surface area contributed by atoms with Crippen molar-refractivity contribution in [2.75, 3.05) is 5.32 Å². The minimum atomic E-state index is -0.982. The fourth-order valence-corrected chi connectivity index (χ4v) is 3.11. The van der Waals surface area contributed by atoms with Crippen LogP contribution in [0.1, 0.15) is 25.7 Å². The Morgan fingerprint density at radius 2 is 2.11 bits per heavy atom.